The molecule has 3 aromatic rings. The Balaban J connectivity index is 1.74. The van der Waals surface area contributed by atoms with Crippen molar-refractivity contribution in [2.45, 2.75) is 34.2 Å². The topological polar surface area (TPSA) is 119 Å². The lowest BCUT2D eigenvalue weighted by Crippen LogP contribution is -2.30. The number of nitrogens with zero attached hydrogens (tertiary/aromatic N) is 2. The first-order valence-corrected chi connectivity index (χ1v) is 11.5. The van der Waals surface area contributed by atoms with Crippen LogP contribution in [0.15, 0.2) is 53.3 Å². The van der Waals surface area contributed by atoms with E-state index in [2.05, 4.69) is 15.7 Å². The Morgan fingerprint density at radius 2 is 1.60 bits per heavy atom. The van der Waals surface area contributed by atoms with Gasteiger partial charge in [-0.15, -0.1) is 0 Å². The maximum Gasteiger partial charge on any atom is 0.359 e. The van der Waals surface area contributed by atoms with E-state index in [0.29, 0.717) is 35.1 Å². The van der Waals surface area contributed by atoms with Crippen LogP contribution in [-0.4, -0.2) is 40.7 Å². The van der Waals surface area contributed by atoms with Crippen LogP contribution in [0, 0.1) is 11.8 Å². The van der Waals surface area contributed by atoms with E-state index < -0.39 is 18.5 Å². The van der Waals surface area contributed by atoms with Crippen LogP contribution in [0.1, 0.15) is 48.5 Å². The summed E-state index contributed by atoms with van der Waals surface area (Å²) in [5.41, 5.74) is 0.281. The Kier molecular flexibility index (Phi) is 8.35. The van der Waals surface area contributed by atoms with E-state index in [1.165, 1.54) is 4.68 Å². The number of ether oxygens (including phenoxy) is 1. The molecule has 0 saturated carbocycles. The van der Waals surface area contributed by atoms with Crippen molar-refractivity contribution in [3.8, 4) is 0 Å². The zero-order valence-corrected chi connectivity index (χ0v) is 20.3. The number of fused-ring (bicyclic) bond motifs is 1. The van der Waals surface area contributed by atoms with Crippen LogP contribution in [0.3, 0.4) is 0 Å². The van der Waals surface area contributed by atoms with Gasteiger partial charge < -0.3 is 15.4 Å². The van der Waals surface area contributed by atoms with E-state index >= 15 is 0 Å². The van der Waals surface area contributed by atoms with Crippen LogP contribution >= 0.6 is 0 Å². The van der Waals surface area contributed by atoms with Gasteiger partial charge in [-0.3, -0.25) is 14.4 Å². The number of carbonyl (C=O) groups is 3. The molecule has 0 aliphatic rings. The molecule has 9 heteroatoms. The van der Waals surface area contributed by atoms with Crippen LogP contribution in [0.4, 0.5) is 5.69 Å². The second-order valence-electron chi connectivity index (χ2n) is 9.05. The summed E-state index contributed by atoms with van der Waals surface area (Å²) >= 11 is 0. The summed E-state index contributed by atoms with van der Waals surface area (Å²) in [6, 6.07) is 13.2. The molecular weight excluding hydrogens is 448 g/mol. The zero-order chi connectivity index (χ0) is 25.5. The molecule has 0 aliphatic heterocycles. The molecule has 0 spiro atoms. The maximum absolute atomic E-state index is 12.8. The molecule has 0 aliphatic carbocycles. The second kappa shape index (κ2) is 11.4. The summed E-state index contributed by atoms with van der Waals surface area (Å²) in [7, 11) is 0. The van der Waals surface area contributed by atoms with E-state index in [4.69, 9.17) is 4.74 Å². The van der Waals surface area contributed by atoms with Gasteiger partial charge in [-0.2, -0.15) is 5.10 Å². The number of amides is 2. The number of benzene rings is 2. The number of para-hydroxylation sites is 1. The number of esters is 1. The first-order chi connectivity index (χ1) is 16.7. The number of hydrogen-bond donors (Lipinski definition) is 2. The van der Waals surface area contributed by atoms with Crippen molar-refractivity contribution in [3.05, 3.63) is 70.1 Å². The molecule has 1 aromatic heterocycles. The second-order valence-corrected chi connectivity index (χ2v) is 9.05. The number of carbonyl (C=O) groups excluding carboxylic acids is 3. The van der Waals surface area contributed by atoms with E-state index in [1.54, 1.807) is 48.5 Å². The molecule has 3 rings (SSSR count). The molecule has 0 radical (unpaired) electrons. The Bertz CT molecular complexity index is 1300. The van der Waals surface area contributed by atoms with Crippen molar-refractivity contribution in [3.63, 3.8) is 0 Å². The lowest BCUT2D eigenvalue weighted by atomic mass is 10.1. The molecular formula is C26H30N4O5. The number of anilines is 1. The van der Waals surface area contributed by atoms with Crippen LogP contribution in [0.2, 0.25) is 0 Å². The first kappa shape index (κ1) is 25.6. The highest BCUT2D eigenvalue weighted by atomic mass is 16.5. The van der Waals surface area contributed by atoms with E-state index in [1.807, 2.05) is 27.7 Å². The number of hydrogen-bond acceptors (Lipinski definition) is 6. The van der Waals surface area contributed by atoms with Crippen LogP contribution in [0.5, 0.6) is 0 Å². The summed E-state index contributed by atoms with van der Waals surface area (Å²) in [6.45, 7) is 8.09. The van der Waals surface area contributed by atoms with Gasteiger partial charge in [0, 0.05) is 18.5 Å². The minimum absolute atomic E-state index is 0.0397. The van der Waals surface area contributed by atoms with Gasteiger partial charge in [-0.1, -0.05) is 58.0 Å². The summed E-state index contributed by atoms with van der Waals surface area (Å²) < 4.78 is 6.47. The Morgan fingerprint density at radius 3 is 2.29 bits per heavy atom. The van der Waals surface area contributed by atoms with Crippen LogP contribution < -0.4 is 16.2 Å². The highest BCUT2D eigenvalue weighted by Gasteiger charge is 2.20. The SMILES string of the molecule is CC(C)CNC(=O)c1ccccc1NC(=O)COC(=O)c1nn(CC(C)C)c(=O)c2ccccc12. The minimum Gasteiger partial charge on any atom is -0.451 e. The van der Waals surface area contributed by atoms with Crippen molar-refractivity contribution in [1.82, 2.24) is 15.1 Å². The molecule has 2 amide bonds. The van der Waals surface area contributed by atoms with Crippen LogP contribution in [-0.2, 0) is 16.1 Å². The summed E-state index contributed by atoms with van der Waals surface area (Å²) in [4.78, 5) is 50.6. The normalized spacial score (nSPS) is 11.0. The van der Waals surface area contributed by atoms with Crippen molar-refractivity contribution >= 4 is 34.2 Å². The van der Waals surface area contributed by atoms with E-state index in [-0.39, 0.29) is 29.0 Å². The molecule has 2 aromatic carbocycles. The third-order valence-electron chi connectivity index (χ3n) is 5.05. The standard InChI is InChI=1S/C26H30N4O5/c1-16(2)13-27-24(32)20-11-7-8-12-21(20)28-22(31)15-35-26(34)23-18-9-5-6-10-19(18)25(33)30(29-23)14-17(3)4/h5-12,16-17H,13-15H2,1-4H3,(H,27,32)(H,28,31). The predicted octanol–water partition coefficient (Wildman–Crippen LogP) is 3.23. The smallest absolute Gasteiger partial charge is 0.359 e. The van der Waals surface area contributed by atoms with Gasteiger partial charge in [-0.05, 0) is 30.0 Å². The fraction of sp³-hybridized carbons (Fsp3) is 0.346. The summed E-state index contributed by atoms with van der Waals surface area (Å²) in [6.07, 6.45) is 0. The molecule has 35 heavy (non-hydrogen) atoms. The van der Waals surface area contributed by atoms with Crippen molar-refractivity contribution < 1.29 is 19.1 Å². The largest absolute Gasteiger partial charge is 0.451 e. The van der Waals surface area contributed by atoms with Crippen molar-refractivity contribution in [2.24, 2.45) is 11.8 Å². The average molecular weight is 479 g/mol. The lowest BCUT2D eigenvalue weighted by Gasteiger charge is -2.13. The fourth-order valence-corrected chi connectivity index (χ4v) is 3.42. The molecule has 2 N–H and O–H groups in total. The quantitative estimate of drug-likeness (QED) is 0.456. The molecule has 0 atom stereocenters. The van der Waals surface area contributed by atoms with Gasteiger partial charge in [0.1, 0.15) is 0 Å². The lowest BCUT2D eigenvalue weighted by molar-refractivity contribution is -0.119. The Labute approximate surface area is 203 Å². The molecule has 0 bridgehead atoms. The molecule has 0 saturated heterocycles. The Hall–Kier alpha value is -4.01. The molecule has 0 unspecified atom stereocenters. The van der Waals surface area contributed by atoms with Crippen LogP contribution in [0.25, 0.3) is 10.8 Å². The van der Waals surface area contributed by atoms with Gasteiger partial charge >= 0.3 is 5.97 Å². The number of aromatic nitrogens is 2. The maximum atomic E-state index is 12.8. The van der Waals surface area contributed by atoms with Crippen molar-refractivity contribution in [2.75, 3.05) is 18.5 Å². The van der Waals surface area contributed by atoms with Gasteiger partial charge in [0.2, 0.25) is 0 Å². The fourth-order valence-electron chi connectivity index (χ4n) is 3.42. The molecule has 184 valence electrons. The van der Waals surface area contributed by atoms with Gasteiger partial charge in [0.15, 0.2) is 12.3 Å². The Morgan fingerprint density at radius 1 is 0.943 bits per heavy atom. The minimum atomic E-state index is -0.822. The predicted molar refractivity (Wildman–Crippen MR) is 133 cm³/mol. The monoisotopic (exact) mass is 478 g/mol. The van der Waals surface area contributed by atoms with Gasteiger partial charge in [0.05, 0.1) is 16.6 Å². The van der Waals surface area contributed by atoms with E-state index in [0.717, 1.165) is 0 Å². The van der Waals surface area contributed by atoms with Gasteiger partial charge in [0.25, 0.3) is 17.4 Å². The highest BCUT2D eigenvalue weighted by molar-refractivity contribution is 6.05. The zero-order valence-electron chi connectivity index (χ0n) is 20.3. The number of nitrogens with one attached hydrogen (secondary N) is 2. The van der Waals surface area contributed by atoms with E-state index in [9.17, 15) is 19.2 Å². The third kappa shape index (κ3) is 6.53. The number of rotatable bonds is 9. The first-order valence-electron chi connectivity index (χ1n) is 11.5. The average Bonchev–Trinajstić information content (AvgIpc) is 2.83. The third-order valence-corrected chi connectivity index (χ3v) is 5.05. The summed E-state index contributed by atoms with van der Waals surface area (Å²) in [5, 5.41) is 10.4. The molecule has 9 nitrogen and oxygen atoms in total. The summed E-state index contributed by atoms with van der Waals surface area (Å²) in [5.74, 6) is -1.33. The van der Waals surface area contributed by atoms with Gasteiger partial charge in [-0.25, -0.2) is 9.48 Å². The van der Waals surface area contributed by atoms with Crippen molar-refractivity contribution in [1.29, 1.82) is 0 Å². The highest BCUT2D eigenvalue weighted by Crippen LogP contribution is 2.17. The molecule has 0 fully saturated rings. The molecule has 1 heterocycles.